The van der Waals surface area contributed by atoms with Crippen LogP contribution in [-0.2, 0) is 5.41 Å². The molecule has 0 bridgehead atoms. The summed E-state index contributed by atoms with van der Waals surface area (Å²) in [7, 11) is 0. The van der Waals surface area contributed by atoms with E-state index < -0.39 is 0 Å². The average Bonchev–Trinajstić information content (AvgIpc) is 3.54. The van der Waals surface area contributed by atoms with Gasteiger partial charge in [-0.3, -0.25) is 0 Å². The smallest absolute Gasteiger partial charge is 0.0544 e. The summed E-state index contributed by atoms with van der Waals surface area (Å²) in [4.78, 5) is 0. The molecule has 8 aromatic carbocycles. The van der Waals surface area contributed by atoms with Gasteiger partial charge in [0.15, 0.2) is 0 Å². The van der Waals surface area contributed by atoms with Crippen LogP contribution in [0.25, 0.3) is 82.1 Å². The van der Waals surface area contributed by atoms with Crippen LogP contribution in [0.2, 0.25) is 0 Å². The number of rotatable bonds is 2. The van der Waals surface area contributed by atoms with Crippen molar-refractivity contribution >= 4 is 54.1 Å². The maximum atomic E-state index is 2.49. The van der Waals surface area contributed by atoms with Crippen LogP contribution in [0.15, 0.2) is 152 Å². The molecule has 1 nitrogen and oxygen atoms in total. The van der Waals surface area contributed by atoms with Crippen molar-refractivity contribution in [3.05, 3.63) is 163 Å². The minimum atomic E-state index is -0.153. The molecule has 0 amide bonds. The van der Waals surface area contributed by atoms with E-state index >= 15 is 0 Å². The summed E-state index contributed by atoms with van der Waals surface area (Å²) >= 11 is 0. The molecule has 0 radical (unpaired) electrons. The maximum Gasteiger partial charge on any atom is 0.0544 e. The molecule has 1 heterocycles. The SMILES string of the molecule is CC1(C)c2cc(-c3c4ccccc4cc4c3ccc3ccccc34)ccc2-c2cc3c4ccccc4n(-c4ccccc4)c3cc21. The minimum Gasteiger partial charge on any atom is -0.309 e. The number of hydrogen-bond acceptors (Lipinski definition) is 0. The first kappa shape index (κ1) is 25.6. The lowest BCUT2D eigenvalue weighted by atomic mass is 9.80. The van der Waals surface area contributed by atoms with Crippen molar-refractivity contribution < 1.29 is 0 Å². The number of hydrogen-bond donors (Lipinski definition) is 0. The normalized spacial score (nSPS) is 13.6. The number of benzene rings is 8. The second-order valence-electron chi connectivity index (χ2n) is 13.3. The van der Waals surface area contributed by atoms with Gasteiger partial charge in [-0.2, -0.15) is 0 Å². The van der Waals surface area contributed by atoms with Crippen molar-refractivity contribution in [1.82, 2.24) is 4.57 Å². The predicted octanol–water partition coefficient (Wildman–Crippen LogP) is 12.2. The Labute approximate surface area is 268 Å². The van der Waals surface area contributed by atoms with Gasteiger partial charge in [0.25, 0.3) is 0 Å². The molecule has 1 aromatic heterocycles. The molecule has 1 aliphatic carbocycles. The third-order valence-corrected chi connectivity index (χ3v) is 10.5. The summed E-state index contributed by atoms with van der Waals surface area (Å²) in [6.45, 7) is 4.80. The number of nitrogens with zero attached hydrogens (tertiary/aromatic N) is 1. The van der Waals surface area contributed by atoms with Crippen LogP contribution < -0.4 is 0 Å². The molecule has 216 valence electrons. The van der Waals surface area contributed by atoms with E-state index in [1.807, 2.05) is 0 Å². The molecule has 10 rings (SSSR count). The summed E-state index contributed by atoms with van der Waals surface area (Å²) in [6, 6.07) is 56.4. The van der Waals surface area contributed by atoms with Crippen molar-refractivity contribution in [1.29, 1.82) is 0 Å². The molecule has 46 heavy (non-hydrogen) atoms. The van der Waals surface area contributed by atoms with Gasteiger partial charge in [0.1, 0.15) is 0 Å². The Morgan fingerprint density at radius 3 is 1.96 bits per heavy atom. The quantitative estimate of drug-likeness (QED) is 0.140. The third-order valence-electron chi connectivity index (χ3n) is 10.5. The van der Waals surface area contributed by atoms with Crippen molar-refractivity contribution in [2.75, 3.05) is 0 Å². The molecule has 1 aliphatic rings. The molecule has 1 heteroatoms. The maximum absolute atomic E-state index is 2.49. The first-order valence-electron chi connectivity index (χ1n) is 16.2. The highest BCUT2D eigenvalue weighted by Crippen LogP contribution is 2.52. The number of aromatic nitrogens is 1. The van der Waals surface area contributed by atoms with E-state index in [-0.39, 0.29) is 5.41 Å². The van der Waals surface area contributed by atoms with Crippen LogP contribution in [0.3, 0.4) is 0 Å². The molecule has 0 spiro atoms. The van der Waals surface area contributed by atoms with Crippen molar-refractivity contribution in [2.24, 2.45) is 0 Å². The van der Waals surface area contributed by atoms with E-state index in [0.29, 0.717) is 0 Å². The van der Waals surface area contributed by atoms with E-state index in [4.69, 9.17) is 0 Å². The fourth-order valence-corrected chi connectivity index (χ4v) is 8.34. The zero-order chi connectivity index (χ0) is 30.6. The highest BCUT2D eigenvalue weighted by molar-refractivity contribution is 6.20. The standard InChI is InChI=1S/C45H31N/c1-45(2)40-25-30(44-33-17-9-7-13-29(33)24-37-32-16-8-6-12-28(32)20-23-36(37)44)21-22-34(40)38-26-39-35-18-10-11-19-42(35)46(43(39)27-41(38)45)31-14-4-3-5-15-31/h3-27H,1-2H3. The van der Waals surface area contributed by atoms with Gasteiger partial charge in [-0.1, -0.05) is 123 Å². The summed E-state index contributed by atoms with van der Waals surface area (Å²) in [5.74, 6) is 0. The molecular formula is C45H31N. The third kappa shape index (κ3) is 3.40. The molecule has 0 saturated carbocycles. The Balaban J connectivity index is 1.24. The van der Waals surface area contributed by atoms with E-state index in [2.05, 4.69) is 170 Å². The van der Waals surface area contributed by atoms with Crippen LogP contribution in [0, 0.1) is 0 Å². The summed E-state index contributed by atoms with van der Waals surface area (Å²) in [6.07, 6.45) is 0. The Morgan fingerprint density at radius 2 is 1.11 bits per heavy atom. The molecule has 0 aliphatic heterocycles. The Kier molecular flexibility index (Phi) is 5.12. The van der Waals surface area contributed by atoms with E-state index in [9.17, 15) is 0 Å². The van der Waals surface area contributed by atoms with Gasteiger partial charge in [-0.25, -0.2) is 0 Å². The zero-order valence-corrected chi connectivity index (χ0v) is 25.9. The fraction of sp³-hybridized carbons (Fsp3) is 0.0667. The summed E-state index contributed by atoms with van der Waals surface area (Å²) in [5.41, 5.74) is 11.6. The van der Waals surface area contributed by atoms with E-state index in [1.54, 1.807) is 0 Å². The van der Waals surface area contributed by atoms with Crippen molar-refractivity contribution in [3.8, 4) is 27.9 Å². The molecule has 0 fully saturated rings. The van der Waals surface area contributed by atoms with Crippen LogP contribution in [0.5, 0.6) is 0 Å². The average molecular weight is 586 g/mol. The summed E-state index contributed by atoms with van der Waals surface area (Å²) in [5, 5.41) is 10.4. The Hall–Kier alpha value is -5.66. The van der Waals surface area contributed by atoms with Gasteiger partial charge in [0.2, 0.25) is 0 Å². The second-order valence-corrected chi connectivity index (χ2v) is 13.3. The van der Waals surface area contributed by atoms with Gasteiger partial charge in [0.05, 0.1) is 11.0 Å². The molecule has 0 N–H and O–H groups in total. The van der Waals surface area contributed by atoms with Gasteiger partial charge in [0, 0.05) is 21.9 Å². The monoisotopic (exact) mass is 585 g/mol. The predicted molar refractivity (Wildman–Crippen MR) is 196 cm³/mol. The lowest BCUT2D eigenvalue weighted by molar-refractivity contribution is 0.661. The van der Waals surface area contributed by atoms with Gasteiger partial charge >= 0.3 is 0 Å². The Morgan fingerprint density at radius 1 is 0.413 bits per heavy atom. The van der Waals surface area contributed by atoms with Crippen LogP contribution >= 0.6 is 0 Å². The number of fused-ring (bicyclic) bond motifs is 10. The van der Waals surface area contributed by atoms with Crippen LogP contribution in [0.4, 0.5) is 0 Å². The molecule has 9 aromatic rings. The molecule has 0 unspecified atom stereocenters. The highest BCUT2D eigenvalue weighted by Gasteiger charge is 2.37. The van der Waals surface area contributed by atoms with Crippen LogP contribution in [0.1, 0.15) is 25.0 Å². The lowest BCUT2D eigenvalue weighted by Gasteiger charge is -2.23. The Bertz CT molecular complexity index is 2710. The summed E-state index contributed by atoms with van der Waals surface area (Å²) < 4.78 is 2.43. The van der Waals surface area contributed by atoms with Crippen LogP contribution in [-0.4, -0.2) is 4.57 Å². The molecule has 0 saturated heterocycles. The van der Waals surface area contributed by atoms with E-state index in [1.165, 1.54) is 93.2 Å². The van der Waals surface area contributed by atoms with E-state index in [0.717, 1.165) is 0 Å². The topological polar surface area (TPSA) is 4.93 Å². The zero-order valence-electron chi connectivity index (χ0n) is 25.9. The van der Waals surface area contributed by atoms with Gasteiger partial charge in [-0.15, -0.1) is 0 Å². The minimum absolute atomic E-state index is 0.153. The van der Waals surface area contributed by atoms with Crippen molar-refractivity contribution in [3.63, 3.8) is 0 Å². The van der Waals surface area contributed by atoms with Gasteiger partial charge in [-0.05, 0) is 108 Å². The highest BCUT2D eigenvalue weighted by atomic mass is 15.0. The first-order chi connectivity index (χ1) is 22.6. The first-order valence-corrected chi connectivity index (χ1v) is 16.2. The number of para-hydroxylation sites is 2. The van der Waals surface area contributed by atoms with Crippen molar-refractivity contribution in [2.45, 2.75) is 19.3 Å². The lowest BCUT2D eigenvalue weighted by Crippen LogP contribution is -2.15. The largest absolute Gasteiger partial charge is 0.309 e. The second kappa shape index (κ2) is 9.19. The molecule has 0 atom stereocenters. The fourth-order valence-electron chi connectivity index (χ4n) is 8.34. The molecular weight excluding hydrogens is 555 g/mol. The van der Waals surface area contributed by atoms with Gasteiger partial charge < -0.3 is 4.57 Å².